The predicted octanol–water partition coefficient (Wildman–Crippen LogP) is 2.39. The molecule has 1 aliphatic heterocycles. The summed E-state index contributed by atoms with van der Waals surface area (Å²) in [6.07, 6.45) is 1.63. The van der Waals surface area contributed by atoms with Crippen LogP contribution in [0.4, 0.5) is 0 Å². The Labute approximate surface area is 159 Å². The molecule has 0 atom stereocenters. The van der Waals surface area contributed by atoms with Gasteiger partial charge in [0.05, 0.1) is 17.6 Å². The molecule has 8 heteroatoms. The van der Waals surface area contributed by atoms with Crippen molar-refractivity contribution >= 4 is 39.3 Å². The Morgan fingerprint density at radius 2 is 2.23 bits per heavy atom. The summed E-state index contributed by atoms with van der Waals surface area (Å²) in [6, 6.07) is 1.95. The summed E-state index contributed by atoms with van der Waals surface area (Å²) in [7, 11) is 3.79. The number of aromatic nitrogens is 2. The van der Waals surface area contributed by atoms with Crippen LogP contribution in [-0.4, -0.2) is 46.4 Å². The molecule has 0 saturated heterocycles. The first-order valence-electron chi connectivity index (χ1n) is 8.44. The Bertz CT molecular complexity index is 1050. The molecule has 0 spiro atoms. The number of carbonyl (C=O) groups is 1. The fourth-order valence-corrected chi connectivity index (χ4v) is 5.43. The number of likely N-dealkylation sites (N-methyl/N-ethyl adjacent to an activating group) is 1. The minimum atomic E-state index is -0.0205. The molecule has 0 bridgehead atoms. The highest BCUT2D eigenvalue weighted by molar-refractivity contribution is 7.18. The lowest BCUT2D eigenvalue weighted by atomic mass is 10.1. The highest BCUT2D eigenvalue weighted by Gasteiger charge is 2.25. The van der Waals surface area contributed by atoms with Gasteiger partial charge in [0.25, 0.3) is 5.56 Å². The summed E-state index contributed by atoms with van der Waals surface area (Å²) >= 11 is 3.21. The minimum Gasteiger partial charge on any atom is -0.341 e. The highest BCUT2D eigenvalue weighted by Crippen LogP contribution is 2.33. The number of fused-ring (bicyclic) bond motifs is 3. The van der Waals surface area contributed by atoms with Gasteiger partial charge in [-0.05, 0) is 37.4 Å². The lowest BCUT2D eigenvalue weighted by Crippen LogP contribution is -2.29. The van der Waals surface area contributed by atoms with Gasteiger partial charge < -0.3 is 9.80 Å². The molecule has 1 amide bonds. The van der Waals surface area contributed by atoms with Crippen LogP contribution in [0.2, 0.25) is 0 Å². The van der Waals surface area contributed by atoms with Gasteiger partial charge in [-0.25, -0.2) is 4.98 Å². The summed E-state index contributed by atoms with van der Waals surface area (Å²) in [5.41, 5.74) is 1.99. The summed E-state index contributed by atoms with van der Waals surface area (Å²) in [6.45, 7) is 4.11. The van der Waals surface area contributed by atoms with E-state index in [0.29, 0.717) is 12.4 Å². The first kappa shape index (κ1) is 17.4. The fraction of sp³-hybridized carbons (Fsp3) is 0.389. The first-order chi connectivity index (χ1) is 12.5. The number of rotatable bonds is 4. The number of thiophene rings is 2. The molecule has 0 N–H and O–H groups in total. The Morgan fingerprint density at radius 1 is 1.42 bits per heavy atom. The molecule has 0 radical (unpaired) electrons. The molecule has 3 aromatic heterocycles. The molecule has 4 rings (SSSR count). The average molecular weight is 389 g/mol. The Balaban J connectivity index is 2.01. The van der Waals surface area contributed by atoms with Crippen molar-refractivity contribution in [1.29, 1.82) is 0 Å². The van der Waals surface area contributed by atoms with E-state index in [-0.39, 0.29) is 5.56 Å². The standard InChI is InChI=1S/C18H20N4O2S2/c1-11-13(5-7-25-11)22-15(9-21(3)10-23)19-17-16(18(22)24)12-4-6-20(2)8-14(12)26-17/h5,7,10H,4,6,8-9H2,1-3H3. The highest BCUT2D eigenvalue weighted by atomic mass is 32.1. The zero-order chi connectivity index (χ0) is 18.4. The van der Waals surface area contributed by atoms with Gasteiger partial charge in [-0.15, -0.1) is 22.7 Å². The molecule has 136 valence electrons. The van der Waals surface area contributed by atoms with Gasteiger partial charge in [0.2, 0.25) is 6.41 Å². The number of amides is 1. The lowest BCUT2D eigenvalue weighted by molar-refractivity contribution is -0.117. The summed E-state index contributed by atoms with van der Waals surface area (Å²) in [5, 5.41) is 2.73. The van der Waals surface area contributed by atoms with Crippen molar-refractivity contribution in [2.75, 3.05) is 20.6 Å². The van der Waals surface area contributed by atoms with E-state index in [2.05, 4.69) is 11.9 Å². The van der Waals surface area contributed by atoms with E-state index in [9.17, 15) is 9.59 Å². The predicted molar refractivity (Wildman–Crippen MR) is 105 cm³/mol. The quantitative estimate of drug-likeness (QED) is 0.644. The lowest BCUT2D eigenvalue weighted by Gasteiger charge is -2.22. The second-order valence-electron chi connectivity index (χ2n) is 6.72. The van der Waals surface area contributed by atoms with Crippen molar-refractivity contribution in [2.24, 2.45) is 0 Å². The van der Waals surface area contributed by atoms with Gasteiger partial charge in [0.1, 0.15) is 10.7 Å². The fourth-order valence-electron chi connectivity index (χ4n) is 3.44. The zero-order valence-corrected chi connectivity index (χ0v) is 16.6. The molecule has 4 heterocycles. The second-order valence-corrected chi connectivity index (χ2v) is 8.93. The van der Waals surface area contributed by atoms with E-state index in [0.717, 1.165) is 52.3 Å². The molecular formula is C18H20N4O2S2. The van der Waals surface area contributed by atoms with E-state index in [1.807, 2.05) is 18.4 Å². The van der Waals surface area contributed by atoms with Crippen LogP contribution in [0.1, 0.15) is 21.1 Å². The van der Waals surface area contributed by atoms with Crippen molar-refractivity contribution in [3.8, 4) is 5.69 Å². The maximum Gasteiger partial charge on any atom is 0.267 e. The first-order valence-corrected chi connectivity index (χ1v) is 10.1. The smallest absolute Gasteiger partial charge is 0.267 e. The normalized spacial score (nSPS) is 14.6. The van der Waals surface area contributed by atoms with Gasteiger partial charge in [0, 0.05) is 29.9 Å². The van der Waals surface area contributed by atoms with Crippen molar-refractivity contribution in [2.45, 2.75) is 26.4 Å². The van der Waals surface area contributed by atoms with Crippen LogP contribution in [0.25, 0.3) is 15.9 Å². The Morgan fingerprint density at radius 3 is 2.92 bits per heavy atom. The molecule has 0 aromatic carbocycles. The van der Waals surface area contributed by atoms with Crippen LogP contribution >= 0.6 is 22.7 Å². The van der Waals surface area contributed by atoms with Crippen LogP contribution in [-0.2, 0) is 24.3 Å². The number of carbonyl (C=O) groups excluding carboxylic acids is 1. The van der Waals surface area contributed by atoms with Gasteiger partial charge in [-0.2, -0.15) is 0 Å². The molecule has 3 aromatic rings. The molecule has 26 heavy (non-hydrogen) atoms. The van der Waals surface area contributed by atoms with Gasteiger partial charge in [0.15, 0.2) is 0 Å². The van der Waals surface area contributed by atoms with Crippen molar-refractivity contribution in [3.05, 3.63) is 42.9 Å². The third-order valence-corrected chi connectivity index (χ3v) is 6.72. The van der Waals surface area contributed by atoms with Crippen LogP contribution < -0.4 is 5.56 Å². The van der Waals surface area contributed by atoms with Crippen LogP contribution in [0.3, 0.4) is 0 Å². The maximum atomic E-state index is 13.5. The summed E-state index contributed by atoms with van der Waals surface area (Å²) in [5.74, 6) is 0.602. The molecule has 0 unspecified atom stereocenters. The van der Waals surface area contributed by atoms with Crippen molar-refractivity contribution < 1.29 is 4.79 Å². The largest absolute Gasteiger partial charge is 0.341 e. The Hall–Kier alpha value is -2.03. The number of hydrogen-bond acceptors (Lipinski definition) is 6. The molecule has 0 aliphatic carbocycles. The zero-order valence-electron chi connectivity index (χ0n) is 15.0. The molecule has 1 aliphatic rings. The van der Waals surface area contributed by atoms with E-state index < -0.39 is 0 Å². The van der Waals surface area contributed by atoms with Crippen LogP contribution in [0, 0.1) is 6.92 Å². The van der Waals surface area contributed by atoms with Gasteiger partial charge in [-0.3, -0.25) is 14.2 Å². The molecule has 0 saturated carbocycles. The molecule has 0 fully saturated rings. The van der Waals surface area contributed by atoms with E-state index in [1.54, 1.807) is 34.3 Å². The second kappa shape index (κ2) is 6.61. The van der Waals surface area contributed by atoms with Crippen LogP contribution in [0.5, 0.6) is 0 Å². The monoisotopic (exact) mass is 388 g/mol. The van der Waals surface area contributed by atoms with Gasteiger partial charge in [-0.1, -0.05) is 0 Å². The summed E-state index contributed by atoms with van der Waals surface area (Å²) in [4.78, 5) is 36.3. The summed E-state index contributed by atoms with van der Waals surface area (Å²) < 4.78 is 1.69. The van der Waals surface area contributed by atoms with Crippen LogP contribution in [0.15, 0.2) is 16.2 Å². The Kier molecular flexibility index (Phi) is 4.42. The number of aryl methyl sites for hydroxylation is 1. The van der Waals surface area contributed by atoms with Gasteiger partial charge >= 0.3 is 0 Å². The number of nitrogens with zero attached hydrogens (tertiary/aromatic N) is 4. The molecular weight excluding hydrogens is 368 g/mol. The molecule has 6 nitrogen and oxygen atoms in total. The maximum absolute atomic E-state index is 13.5. The topological polar surface area (TPSA) is 58.4 Å². The van der Waals surface area contributed by atoms with Crippen molar-refractivity contribution in [1.82, 2.24) is 19.4 Å². The third-order valence-electron chi connectivity index (χ3n) is 4.78. The van der Waals surface area contributed by atoms with E-state index in [1.165, 1.54) is 9.78 Å². The third kappa shape index (κ3) is 2.78. The number of hydrogen-bond donors (Lipinski definition) is 0. The minimum absolute atomic E-state index is 0.0205. The van der Waals surface area contributed by atoms with Crippen molar-refractivity contribution in [3.63, 3.8) is 0 Å². The van der Waals surface area contributed by atoms with E-state index >= 15 is 0 Å². The SMILES string of the molecule is Cc1sccc1-n1c(CN(C)C=O)nc2sc3c(c2c1=O)CCN(C)C3. The van der Waals surface area contributed by atoms with E-state index in [4.69, 9.17) is 4.98 Å². The average Bonchev–Trinajstić information content (AvgIpc) is 3.17.